The summed E-state index contributed by atoms with van der Waals surface area (Å²) in [6.45, 7) is 0.454. The molecule has 3 aromatic carbocycles. The van der Waals surface area contributed by atoms with Gasteiger partial charge in [0.25, 0.3) is 0 Å². The summed E-state index contributed by atoms with van der Waals surface area (Å²) in [5.74, 6) is 1.27. The highest BCUT2D eigenvalue weighted by atomic mass is 35.5. The van der Waals surface area contributed by atoms with Gasteiger partial charge in [-0.25, -0.2) is 13.4 Å². The van der Waals surface area contributed by atoms with E-state index in [2.05, 4.69) is 4.99 Å². The Balaban J connectivity index is 1.57. The van der Waals surface area contributed by atoms with E-state index in [1.807, 2.05) is 41.3 Å². The van der Waals surface area contributed by atoms with Gasteiger partial charge in [-0.3, -0.25) is 0 Å². The molecular weight excluding hydrogens is 476 g/mol. The number of aliphatic hydroxyl groups is 1. The number of aliphatic imine (C=N–C) groups is 1. The minimum absolute atomic E-state index is 0.0198. The minimum Gasteiger partial charge on any atom is -0.497 e. The lowest BCUT2D eigenvalue weighted by molar-refractivity contribution is -0.0345. The van der Waals surface area contributed by atoms with Crippen LogP contribution in [0.1, 0.15) is 11.1 Å². The molecule has 1 aliphatic heterocycles. The van der Waals surface area contributed by atoms with Crippen molar-refractivity contribution in [2.24, 2.45) is 4.99 Å². The zero-order valence-electron chi connectivity index (χ0n) is 18.8. The van der Waals surface area contributed by atoms with E-state index in [0.717, 1.165) is 23.3 Å². The van der Waals surface area contributed by atoms with E-state index in [9.17, 15) is 13.5 Å². The van der Waals surface area contributed by atoms with Crippen LogP contribution >= 0.6 is 11.6 Å². The van der Waals surface area contributed by atoms with Crippen LogP contribution in [0, 0.1) is 0 Å². The Kier molecular flexibility index (Phi) is 6.95. The maximum Gasteiger partial charge on any atom is 0.200 e. The molecule has 1 aliphatic rings. The van der Waals surface area contributed by atoms with Crippen LogP contribution in [0.5, 0.6) is 5.75 Å². The summed E-state index contributed by atoms with van der Waals surface area (Å²) in [5.41, 5.74) is 0.920. The molecule has 0 saturated carbocycles. The first-order valence-electron chi connectivity index (χ1n) is 10.5. The highest BCUT2D eigenvalue weighted by Crippen LogP contribution is 2.30. The topological polar surface area (TPSA) is 88.4 Å². The third-order valence-corrected chi connectivity index (χ3v) is 6.80. The molecule has 1 unspecified atom stereocenters. The number of nitrogens with zero attached hydrogens (tertiary/aromatic N) is 2. The van der Waals surface area contributed by atoms with Crippen molar-refractivity contribution in [3.8, 4) is 5.75 Å². The van der Waals surface area contributed by atoms with Gasteiger partial charge in [-0.05, 0) is 66.2 Å². The third kappa shape index (κ3) is 5.59. The summed E-state index contributed by atoms with van der Waals surface area (Å²) >= 11 is 6.05. The number of benzene rings is 3. The van der Waals surface area contributed by atoms with Crippen LogP contribution in [0.15, 0.2) is 82.7 Å². The Morgan fingerprint density at radius 2 is 1.68 bits per heavy atom. The first kappa shape index (κ1) is 24.2. The molecule has 0 aromatic heterocycles. The molecule has 0 aliphatic carbocycles. The third-order valence-electron chi connectivity index (χ3n) is 5.42. The lowest BCUT2D eigenvalue weighted by Gasteiger charge is -2.24. The van der Waals surface area contributed by atoms with Crippen LogP contribution in [0.2, 0.25) is 5.02 Å². The van der Waals surface area contributed by atoms with Crippen molar-refractivity contribution in [1.29, 1.82) is 0 Å². The van der Waals surface area contributed by atoms with E-state index in [4.69, 9.17) is 21.1 Å². The fraction of sp³-hybridized carbons (Fsp3) is 0.240. The molecule has 0 saturated heterocycles. The smallest absolute Gasteiger partial charge is 0.200 e. The lowest BCUT2D eigenvalue weighted by atomic mass is 10.1. The quantitative estimate of drug-likeness (QED) is 0.504. The number of β-amino-alcohol motifs (C(OH)–C–C–N with tert-alkyl or cyclic N) is 1. The van der Waals surface area contributed by atoms with Crippen LogP contribution in [-0.4, -0.2) is 51.6 Å². The Labute approximate surface area is 204 Å². The van der Waals surface area contributed by atoms with Crippen molar-refractivity contribution in [3.05, 3.63) is 88.9 Å². The lowest BCUT2D eigenvalue weighted by Crippen LogP contribution is -2.39. The van der Waals surface area contributed by atoms with E-state index in [0.29, 0.717) is 23.0 Å². The number of anilines is 1. The fourth-order valence-corrected chi connectivity index (χ4v) is 4.42. The molecule has 1 atom stereocenters. The molecule has 4 rings (SSSR count). The molecular formula is C25H25ClN2O5S. The molecule has 0 amide bonds. The molecule has 7 nitrogen and oxygen atoms in total. The van der Waals surface area contributed by atoms with Crippen LogP contribution < -0.4 is 9.64 Å². The largest absolute Gasteiger partial charge is 0.497 e. The van der Waals surface area contributed by atoms with Gasteiger partial charge in [-0.2, -0.15) is 0 Å². The summed E-state index contributed by atoms with van der Waals surface area (Å²) in [7, 11) is -1.72. The number of ether oxygens (including phenoxy) is 2. The predicted molar refractivity (Wildman–Crippen MR) is 132 cm³/mol. The first-order chi connectivity index (χ1) is 16.2. The molecule has 34 heavy (non-hydrogen) atoms. The number of hydrogen-bond acceptors (Lipinski definition) is 7. The number of halogens is 1. The number of rotatable bonds is 8. The molecule has 0 fully saturated rings. The van der Waals surface area contributed by atoms with E-state index < -0.39 is 15.6 Å². The van der Waals surface area contributed by atoms with Crippen molar-refractivity contribution in [3.63, 3.8) is 0 Å². The number of amidine groups is 1. The highest BCUT2D eigenvalue weighted by molar-refractivity contribution is 7.90. The van der Waals surface area contributed by atoms with Crippen molar-refractivity contribution in [1.82, 2.24) is 0 Å². The molecule has 9 heteroatoms. The van der Waals surface area contributed by atoms with Gasteiger partial charge in [-0.15, -0.1) is 0 Å². The van der Waals surface area contributed by atoms with Gasteiger partial charge in [0.15, 0.2) is 15.6 Å². The zero-order valence-corrected chi connectivity index (χ0v) is 20.4. The van der Waals surface area contributed by atoms with E-state index in [-0.39, 0.29) is 18.0 Å². The second-order valence-corrected chi connectivity index (χ2v) is 10.6. The second-order valence-electron chi connectivity index (χ2n) is 8.12. The van der Waals surface area contributed by atoms with Gasteiger partial charge >= 0.3 is 0 Å². The van der Waals surface area contributed by atoms with Gasteiger partial charge in [0, 0.05) is 22.5 Å². The van der Waals surface area contributed by atoms with Gasteiger partial charge in [0.05, 0.1) is 31.8 Å². The Morgan fingerprint density at radius 3 is 2.26 bits per heavy atom. The Bertz CT molecular complexity index is 1280. The monoisotopic (exact) mass is 500 g/mol. The van der Waals surface area contributed by atoms with E-state index in [1.54, 1.807) is 31.4 Å². The summed E-state index contributed by atoms with van der Waals surface area (Å²) in [6, 6.07) is 21.1. The molecule has 1 heterocycles. The Hall–Kier alpha value is -2.91. The first-order valence-corrected chi connectivity index (χ1v) is 12.8. The summed E-state index contributed by atoms with van der Waals surface area (Å²) < 4.78 is 34.7. The molecule has 178 valence electrons. The van der Waals surface area contributed by atoms with Crippen molar-refractivity contribution >= 4 is 33.0 Å². The number of hydrogen-bond donors (Lipinski definition) is 1. The van der Waals surface area contributed by atoms with Crippen LogP contribution in [-0.2, 0) is 21.2 Å². The normalized spacial score (nSPS) is 18.1. The van der Waals surface area contributed by atoms with Gasteiger partial charge in [-0.1, -0.05) is 23.7 Å². The maximum atomic E-state index is 11.8. The van der Waals surface area contributed by atoms with E-state index >= 15 is 0 Å². The van der Waals surface area contributed by atoms with Gasteiger partial charge in [0.1, 0.15) is 11.6 Å². The maximum absolute atomic E-state index is 11.8. The summed E-state index contributed by atoms with van der Waals surface area (Å²) in [5, 5.41) is 11.9. The molecule has 1 N–H and O–H groups in total. The second kappa shape index (κ2) is 9.76. The van der Waals surface area contributed by atoms with Gasteiger partial charge in [0.2, 0.25) is 0 Å². The number of methoxy groups -OCH3 is 1. The van der Waals surface area contributed by atoms with Crippen LogP contribution in [0.4, 0.5) is 5.69 Å². The summed E-state index contributed by atoms with van der Waals surface area (Å²) in [4.78, 5) is 6.67. The van der Waals surface area contributed by atoms with Crippen molar-refractivity contribution in [2.75, 3.05) is 31.4 Å². The van der Waals surface area contributed by atoms with Crippen LogP contribution in [0.25, 0.3) is 0 Å². The fourth-order valence-electron chi connectivity index (χ4n) is 3.66. The van der Waals surface area contributed by atoms with Crippen LogP contribution in [0.3, 0.4) is 0 Å². The summed E-state index contributed by atoms with van der Waals surface area (Å²) in [6.07, 6.45) is 1.16. The molecule has 0 bridgehead atoms. The SMILES string of the molecule is COc1ccc(COCC2(O)CN(c3ccc(Cl)cc3)C(c3ccc(S(C)(=O)=O)cc3)=N2)cc1. The highest BCUT2D eigenvalue weighted by Gasteiger charge is 2.39. The number of sulfone groups is 1. The average Bonchev–Trinajstić information content (AvgIpc) is 3.17. The zero-order chi connectivity index (χ0) is 24.3. The van der Waals surface area contributed by atoms with Gasteiger partial charge < -0.3 is 19.5 Å². The standard InChI is InChI=1S/C25H25ClN2O5S/c1-32-22-11-3-18(4-12-22)15-33-17-25(29)16-28(21-9-7-20(26)8-10-21)24(27-25)19-5-13-23(14-6-19)34(2,30)31/h3-14,29H,15-17H2,1-2H3. The minimum atomic E-state index is -3.32. The van der Waals surface area contributed by atoms with Crippen molar-refractivity contribution in [2.45, 2.75) is 17.2 Å². The van der Waals surface area contributed by atoms with Crippen molar-refractivity contribution < 1.29 is 23.0 Å². The molecule has 3 aromatic rings. The van der Waals surface area contributed by atoms with E-state index in [1.165, 1.54) is 12.1 Å². The Morgan fingerprint density at radius 1 is 1.03 bits per heavy atom. The molecule has 0 radical (unpaired) electrons. The predicted octanol–water partition coefficient (Wildman–Crippen LogP) is 3.92. The molecule has 0 spiro atoms. The average molecular weight is 501 g/mol.